The molecule has 0 bridgehead atoms. The Labute approximate surface area is 160 Å². The number of hydrogen-bond acceptors (Lipinski definition) is 4. The van der Waals surface area contributed by atoms with Crippen LogP contribution in [0.15, 0.2) is 42.5 Å². The van der Waals surface area contributed by atoms with Crippen molar-refractivity contribution in [3.8, 4) is 17.2 Å². The van der Waals surface area contributed by atoms with Gasteiger partial charge in [0.25, 0.3) is 5.91 Å². The maximum atomic E-state index is 12.8. The molecule has 2 aromatic rings. The zero-order valence-corrected chi connectivity index (χ0v) is 16.0. The molecule has 1 aliphatic heterocycles. The van der Waals surface area contributed by atoms with Gasteiger partial charge in [0.05, 0.1) is 25.9 Å². The van der Waals surface area contributed by atoms with Crippen molar-refractivity contribution in [1.82, 2.24) is 5.32 Å². The summed E-state index contributed by atoms with van der Waals surface area (Å²) >= 11 is 0. The van der Waals surface area contributed by atoms with Gasteiger partial charge in [0.1, 0.15) is 5.75 Å². The van der Waals surface area contributed by atoms with Crippen LogP contribution in [0.3, 0.4) is 0 Å². The highest BCUT2D eigenvalue weighted by molar-refractivity contribution is 5.95. The summed E-state index contributed by atoms with van der Waals surface area (Å²) in [6.45, 7) is 5.79. The van der Waals surface area contributed by atoms with E-state index in [-0.39, 0.29) is 11.9 Å². The lowest BCUT2D eigenvalue weighted by molar-refractivity contribution is 0.0924. The Balaban J connectivity index is 1.74. The first kappa shape index (κ1) is 19.1. The van der Waals surface area contributed by atoms with E-state index in [1.807, 2.05) is 37.3 Å². The van der Waals surface area contributed by atoms with Gasteiger partial charge in [0.2, 0.25) is 0 Å². The summed E-state index contributed by atoms with van der Waals surface area (Å²) in [7, 11) is 0. The van der Waals surface area contributed by atoms with E-state index in [1.54, 1.807) is 12.1 Å². The lowest BCUT2D eigenvalue weighted by Gasteiger charge is -2.26. The minimum Gasteiger partial charge on any atom is -0.493 e. The normalized spacial score (nSPS) is 15.4. The zero-order chi connectivity index (χ0) is 19.1. The molecule has 1 heterocycles. The smallest absolute Gasteiger partial charge is 0.251 e. The summed E-state index contributed by atoms with van der Waals surface area (Å²) < 4.78 is 17.1. The Morgan fingerprint density at radius 1 is 1.15 bits per heavy atom. The quantitative estimate of drug-likeness (QED) is 0.695. The molecule has 2 aromatic carbocycles. The Bertz CT molecular complexity index is 775. The van der Waals surface area contributed by atoms with Gasteiger partial charge >= 0.3 is 0 Å². The molecule has 27 heavy (non-hydrogen) atoms. The van der Waals surface area contributed by atoms with Crippen LogP contribution < -0.4 is 19.5 Å². The Morgan fingerprint density at radius 2 is 2.00 bits per heavy atom. The van der Waals surface area contributed by atoms with Gasteiger partial charge < -0.3 is 19.5 Å². The van der Waals surface area contributed by atoms with Crippen molar-refractivity contribution in [1.29, 1.82) is 0 Å². The number of benzene rings is 2. The molecule has 5 nitrogen and oxygen atoms in total. The highest BCUT2D eigenvalue weighted by Crippen LogP contribution is 2.33. The molecular formula is C22H27NO4. The number of amides is 1. The second-order valence-electron chi connectivity index (χ2n) is 6.50. The molecular weight excluding hydrogens is 342 g/mol. The summed E-state index contributed by atoms with van der Waals surface area (Å²) in [4.78, 5) is 12.8. The van der Waals surface area contributed by atoms with E-state index in [2.05, 4.69) is 12.2 Å². The number of ether oxygens (including phenoxy) is 3. The van der Waals surface area contributed by atoms with Crippen LogP contribution in [0.2, 0.25) is 0 Å². The van der Waals surface area contributed by atoms with Gasteiger partial charge in [-0.1, -0.05) is 31.5 Å². The third-order valence-electron chi connectivity index (χ3n) is 4.53. The van der Waals surface area contributed by atoms with Crippen molar-refractivity contribution in [2.24, 2.45) is 0 Å². The fourth-order valence-corrected chi connectivity index (χ4v) is 3.10. The van der Waals surface area contributed by atoms with Crippen LogP contribution in [0.25, 0.3) is 0 Å². The number of unbranched alkanes of at least 4 members (excludes halogenated alkanes) is 1. The molecule has 1 amide bonds. The van der Waals surface area contributed by atoms with Gasteiger partial charge in [-0.05, 0) is 37.6 Å². The molecule has 0 aliphatic carbocycles. The lowest BCUT2D eigenvalue weighted by atomic mass is 10.00. The molecule has 0 radical (unpaired) electrons. The Kier molecular flexibility index (Phi) is 6.58. The molecule has 1 N–H and O–H groups in total. The predicted octanol–water partition coefficient (Wildman–Crippen LogP) is 4.52. The van der Waals surface area contributed by atoms with Crippen LogP contribution in [0.1, 0.15) is 55.1 Å². The third-order valence-corrected chi connectivity index (χ3v) is 4.53. The average Bonchev–Trinajstić information content (AvgIpc) is 2.69. The second kappa shape index (κ2) is 9.31. The lowest BCUT2D eigenvalue weighted by Crippen LogP contribution is -2.32. The summed E-state index contributed by atoms with van der Waals surface area (Å²) in [5.41, 5.74) is 1.58. The predicted molar refractivity (Wildman–Crippen MR) is 105 cm³/mol. The molecule has 1 atom stereocenters. The highest BCUT2D eigenvalue weighted by atomic mass is 16.5. The van der Waals surface area contributed by atoms with Gasteiger partial charge in [-0.15, -0.1) is 0 Å². The Hall–Kier alpha value is -2.69. The summed E-state index contributed by atoms with van der Waals surface area (Å²) in [5, 5.41) is 3.12. The van der Waals surface area contributed by atoms with E-state index >= 15 is 0 Å². The number of fused-ring (bicyclic) bond motifs is 1. The Morgan fingerprint density at radius 3 is 2.81 bits per heavy atom. The summed E-state index contributed by atoms with van der Waals surface area (Å²) in [5.74, 6) is 1.99. The number of para-hydroxylation sites is 1. The zero-order valence-electron chi connectivity index (χ0n) is 16.0. The standard InChI is InChI=1S/C22H27NO4/c1-3-5-13-26-20-11-10-16(15-21(20)25-4-2)22(24)23-18-12-14-27-19-9-7-6-8-17(18)19/h6-11,15,18H,3-5,12-14H2,1-2H3,(H,23,24)/t18-/m1/s1. The van der Waals surface area contributed by atoms with Crippen molar-refractivity contribution in [3.05, 3.63) is 53.6 Å². The fraction of sp³-hybridized carbons (Fsp3) is 0.409. The van der Waals surface area contributed by atoms with Crippen LogP contribution in [0.4, 0.5) is 0 Å². The molecule has 1 aliphatic rings. The van der Waals surface area contributed by atoms with E-state index in [0.29, 0.717) is 36.9 Å². The SMILES string of the molecule is CCCCOc1ccc(C(=O)N[C@@H]2CCOc3ccccc32)cc1OCC. The second-order valence-corrected chi connectivity index (χ2v) is 6.50. The number of carbonyl (C=O) groups is 1. The van der Waals surface area contributed by atoms with Gasteiger partial charge in [-0.25, -0.2) is 0 Å². The first-order valence-corrected chi connectivity index (χ1v) is 9.65. The topological polar surface area (TPSA) is 56.8 Å². The maximum Gasteiger partial charge on any atom is 0.251 e. The van der Waals surface area contributed by atoms with Crippen LogP contribution >= 0.6 is 0 Å². The molecule has 5 heteroatoms. The van der Waals surface area contributed by atoms with Crippen molar-refractivity contribution < 1.29 is 19.0 Å². The van der Waals surface area contributed by atoms with Crippen molar-refractivity contribution in [3.63, 3.8) is 0 Å². The van der Waals surface area contributed by atoms with E-state index in [0.717, 1.165) is 30.6 Å². The monoisotopic (exact) mass is 369 g/mol. The van der Waals surface area contributed by atoms with Gasteiger partial charge in [-0.3, -0.25) is 4.79 Å². The molecule has 0 spiro atoms. The van der Waals surface area contributed by atoms with Crippen molar-refractivity contribution >= 4 is 5.91 Å². The van der Waals surface area contributed by atoms with Crippen molar-refractivity contribution in [2.75, 3.05) is 19.8 Å². The molecule has 144 valence electrons. The molecule has 3 rings (SSSR count). The largest absolute Gasteiger partial charge is 0.493 e. The maximum absolute atomic E-state index is 12.8. The van der Waals surface area contributed by atoms with E-state index in [1.165, 1.54) is 0 Å². The van der Waals surface area contributed by atoms with Crippen LogP contribution in [0, 0.1) is 0 Å². The van der Waals surface area contributed by atoms with E-state index in [9.17, 15) is 4.79 Å². The van der Waals surface area contributed by atoms with Crippen LogP contribution in [-0.4, -0.2) is 25.7 Å². The third kappa shape index (κ3) is 4.73. The first-order valence-electron chi connectivity index (χ1n) is 9.65. The van der Waals surface area contributed by atoms with E-state index < -0.39 is 0 Å². The van der Waals surface area contributed by atoms with Gasteiger partial charge in [0, 0.05) is 17.5 Å². The minimum absolute atomic E-state index is 0.0570. The molecule has 0 saturated carbocycles. The van der Waals surface area contributed by atoms with E-state index in [4.69, 9.17) is 14.2 Å². The average molecular weight is 369 g/mol. The number of carbonyl (C=O) groups excluding carboxylic acids is 1. The van der Waals surface area contributed by atoms with Gasteiger partial charge in [-0.2, -0.15) is 0 Å². The first-order chi connectivity index (χ1) is 13.2. The molecule has 0 fully saturated rings. The molecule has 0 unspecified atom stereocenters. The van der Waals surface area contributed by atoms with Crippen molar-refractivity contribution in [2.45, 2.75) is 39.2 Å². The minimum atomic E-state index is -0.127. The van der Waals surface area contributed by atoms with Crippen LogP contribution in [0.5, 0.6) is 17.2 Å². The molecule has 0 saturated heterocycles. The summed E-state index contributed by atoms with van der Waals surface area (Å²) in [6, 6.07) is 13.1. The fourth-order valence-electron chi connectivity index (χ4n) is 3.10. The highest BCUT2D eigenvalue weighted by Gasteiger charge is 2.23. The summed E-state index contributed by atoms with van der Waals surface area (Å²) in [6.07, 6.45) is 2.80. The number of rotatable bonds is 8. The van der Waals surface area contributed by atoms with Gasteiger partial charge in [0.15, 0.2) is 11.5 Å². The molecule has 0 aromatic heterocycles. The van der Waals surface area contributed by atoms with Crippen LogP contribution in [-0.2, 0) is 0 Å². The number of nitrogens with one attached hydrogen (secondary N) is 1. The number of hydrogen-bond donors (Lipinski definition) is 1.